The van der Waals surface area contributed by atoms with Crippen LogP contribution in [-0.4, -0.2) is 24.7 Å². The summed E-state index contributed by atoms with van der Waals surface area (Å²) in [6, 6.07) is -0.304. The van der Waals surface area contributed by atoms with Gasteiger partial charge in [-0.25, -0.2) is 9.78 Å². The van der Waals surface area contributed by atoms with Gasteiger partial charge in [-0.05, 0) is 27.2 Å². The van der Waals surface area contributed by atoms with Crippen LogP contribution >= 0.6 is 0 Å². The Morgan fingerprint density at radius 2 is 1.90 bits per heavy atom. The molecule has 116 valence electrons. The lowest BCUT2D eigenvalue weighted by molar-refractivity contribution is 0.474. The van der Waals surface area contributed by atoms with Crippen molar-refractivity contribution >= 4 is 11.2 Å². The Bertz CT molecular complexity index is 781. The first kappa shape index (κ1) is 15.5. The van der Waals surface area contributed by atoms with E-state index in [1.807, 2.05) is 27.7 Å². The standard InChI is InChI=1S/C14H23N5O2/c1-6-10(15)7-18-13(20)11-12(16-9(4)17(11)5)19(8(2)3)14(18)21/h8,10H,6-7,15H2,1-5H3. The monoisotopic (exact) mass is 293 g/mol. The summed E-state index contributed by atoms with van der Waals surface area (Å²) in [4.78, 5) is 29.7. The number of imidazole rings is 1. The summed E-state index contributed by atoms with van der Waals surface area (Å²) in [6.45, 7) is 7.78. The Morgan fingerprint density at radius 1 is 1.29 bits per heavy atom. The van der Waals surface area contributed by atoms with Crippen molar-refractivity contribution in [3.63, 3.8) is 0 Å². The minimum absolute atomic E-state index is 0.0843. The van der Waals surface area contributed by atoms with Crippen molar-refractivity contribution in [2.45, 2.75) is 52.7 Å². The fourth-order valence-electron chi connectivity index (χ4n) is 2.43. The van der Waals surface area contributed by atoms with Gasteiger partial charge in [-0.1, -0.05) is 6.92 Å². The van der Waals surface area contributed by atoms with Crippen LogP contribution in [0.3, 0.4) is 0 Å². The van der Waals surface area contributed by atoms with E-state index in [-0.39, 0.29) is 29.9 Å². The summed E-state index contributed by atoms with van der Waals surface area (Å²) < 4.78 is 4.52. The number of aromatic nitrogens is 4. The average molecular weight is 293 g/mol. The minimum Gasteiger partial charge on any atom is -0.326 e. The van der Waals surface area contributed by atoms with Gasteiger partial charge in [-0.2, -0.15) is 0 Å². The lowest BCUT2D eigenvalue weighted by atomic mass is 10.2. The normalized spacial score (nSPS) is 13.3. The van der Waals surface area contributed by atoms with E-state index >= 15 is 0 Å². The van der Waals surface area contributed by atoms with E-state index in [0.717, 1.165) is 0 Å². The number of nitrogens with two attached hydrogens (primary N) is 1. The molecule has 0 bridgehead atoms. The van der Waals surface area contributed by atoms with Crippen LogP contribution in [0.4, 0.5) is 0 Å². The second-order valence-corrected chi connectivity index (χ2v) is 5.72. The van der Waals surface area contributed by atoms with E-state index in [9.17, 15) is 9.59 Å². The van der Waals surface area contributed by atoms with Gasteiger partial charge in [0.25, 0.3) is 5.56 Å². The molecule has 1 unspecified atom stereocenters. The van der Waals surface area contributed by atoms with Gasteiger partial charge in [0.2, 0.25) is 0 Å². The van der Waals surface area contributed by atoms with Crippen molar-refractivity contribution in [1.82, 2.24) is 18.7 Å². The van der Waals surface area contributed by atoms with Gasteiger partial charge in [0.1, 0.15) is 5.82 Å². The summed E-state index contributed by atoms with van der Waals surface area (Å²) in [6.07, 6.45) is 0.704. The molecular weight excluding hydrogens is 270 g/mol. The van der Waals surface area contributed by atoms with Gasteiger partial charge >= 0.3 is 5.69 Å². The molecule has 0 aromatic carbocycles. The van der Waals surface area contributed by atoms with Gasteiger partial charge in [0.15, 0.2) is 11.2 Å². The first-order chi connectivity index (χ1) is 9.79. The van der Waals surface area contributed by atoms with Gasteiger partial charge in [0, 0.05) is 25.7 Å². The molecule has 2 aromatic rings. The largest absolute Gasteiger partial charge is 0.333 e. The quantitative estimate of drug-likeness (QED) is 0.890. The van der Waals surface area contributed by atoms with Crippen LogP contribution in [0, 0.1) is 6.92 Å². The smallest absolute Gasteiger partial charge is 0.326 e. The fourth-order valence-corrected chi connectivity index (χ4v) is 2.43. The van der Waals surface area contributed by atoms with Crippen molar-refractivity contribution < 1.29 is 0 Å². The average Bonchev–Trinajstić information content (AvgIpc) is 2.70. The fraction of sp³-hybridized carbons (Fsp3) is 0.643. The van der Waals surface area contributed by atoms with E-state index < -0.39 is 0 Å². The number of aryl methyl sites for hydroxylation is 2. The van der Waals surface area contributed by atoms with E-state index in [4.69, 9.17) is 5.73 Å². The second-order valence-electron chi connectivity index (χ2n) is 5.72. The SMILES string of the molecule is CCC(N)Cn1c(=O)c2c(nc(C)n2C)n(C(C)C)c1=O. The maximum absolute atomic E-state index is 12.6. The zero-order chi connectivity index (χ0) is 15.9. The molecule has 0 amide bonds. The van der Waals surface area contributed by atoms with Crippen LogP contribution in [0.15, 0.2) is 9.59 Å². The Hall–Kier alpha value is -1.89. The molecule has 0 aliphatic carbocycles. The molecule has 0 radical (unpaired) electrons. The lowest BCUT2D eigenvalue weighted by Gasteiger charge is -2.16. The molecule has 2 N–H and O–H groups in total. The van der Waals surface area contributed by atoms with Crippen LogP contribution < -0.4 is 17.0 Å². The third-order valence-electron chi connectivity index (χ3n) is 3.87. The number of nitrogens with zero attached hydrogens (tertiary/aromatic N) is 4. The molecule has 2 heterocycles. The van der Waals surface area contributed by atoms with E-state index in [1.165, 1.54) is 4.57 Å². The predicted molar refractivity (Wildman–Crippen MR) is 82.6 cm³/mol. The summed E-state index contributed by atoms with van der Waals surface area (Å²) in [5.74, 6) is 0.702. The molecule has 21 heavy (non-hydrogen) atoms. The zero-order valence-corrected chi connectivity index (χ0v) is 13.3. The topological polar surface area (TPSA) is 87.8 Å². The van der Waals surface area contributed by atoms with Crippen molar-refractivity contribution in [1.29, 1.82) is 0 Å². The molecule has 2 aromatic heterocycles. The van der Waals surface area contributed by atoms with Gasteiger partial charge in [0.05, 0.1) is 0 Å². The van der Waals surface area contributed by atoms with Gasteiger partial charge in [-0.3, -0.25) is 13.9 Å². The van der Waals surface area contributed by atoms with Crippen molar-refractivity contribution in [2.24, 2.45) is 12.8 Å². The maximum Gasteiger partial charge on any atom is 0.333 e. The van der Waals surface area contributed by atoms with E-state index in [0.29, 0.717) is 23.4 Å². The first-order valence-electron chi connectivity index (χ1n) is 7.23. The predicted octanol–water partition coefficient (Wildman–Crippen LogP) is 0.523. The summed E-state index contributed by atoms with van der Waals surface area (Å²) in [7, 11) is 1.78. The highest BCUT2D eigenvalue weighted by Gasteiger charge is 2.20. The third kappa shape index (κ3) is 2.42. The number of hydrogen-bond donors (Lipinski definition) is 1. The molecule has 0 aliphatic heterocycles. The summed E-state index contributed by atoms with van der Waals surface area (Å²) in [5.41, 5.74) is 6.16. The van der Waals surface area contributed by atoms with Gasteiger partial charge < -0.3 is 10.3 Å². The molecule has 7 nitrogen and oxygen atoms in total. The molecule has 0 spiro atoms. The molecule has 0 saturated heterocycles. The summed E-state index contributed by atoms with van der Waals surface area (Å²) in [5, 5.41) is 0. The lowest BCUT2D eigenvalue weighted by Crippen LogP contribution is -2.44. The van der Waals surface area contributed by atoms with Crippen LogP contribution in [0.25, 0.3) is 11.2 Å². The van der Waals surface area contributed by atoms with Crippen LogP contribution in [-0.2, 0) is 13.6 Å². The maximum atomic E-state index is 12.6. The second kappa shape index (κ2) is 5.48. The number of fused-ring (bicyclic) bond motifs is 1. The first-order valence-corrected chi connectivity index (χ1v) is 7.23. The molecule has 0 aliphatic rings. The number of hydrogen-bond acceptors (Lipinski definition) is 4. The Balaban J connectivity index is 2.90. The molecule has 7 heteroatoms. The highest BCUT2D eigenvalue weighted by Crippen LogP contribution is 2.13. The Kier molecular flexibility index (Phi) is 4.04. The molecule has 0 fully saturated rings. The van der Waals surface area contributed by atoms with Gasteiger partial charge in [-0.15, -0.1) is 0 Å². The van der Waals surface area contributed by atoms with Crippen LogP contribution in [0.5, 0.6) is 0 Å². The van der Waals surface area contributed by atoms with Crippen molar-refractivity contribution in [3.8, 4) is 0 Å². The summed E-state index contributed by atoms with van der Waals surface area (Å²) >= 11 is 0. The van der Waals surface area contributed by atoms with Crippen molar-refractivity contribution in [3.05, 3.63) is 26.7 Å². The Morgan fingerprint density at radius 3 is 2.43 bits per heavy atom. The molecule has 1 atom stereocenters. The molecular formula is C14H23N5O2. The minimum atomic E-state index is -0.343. The van der Waals surface area contributed by atoms with Crippen LogP contribution in [0.1, 0.15) is 39.1 Å². The highest BCUT2D eigenvalue weighted by molar-refractivity contribution is 5.71. The van der Waals surface area contributed by atoms with Crippen molar-refractivity contribution in [2.75, 3.05) is 0 Å². The molecule has 2 rings (SSSR count). The zero-order valence-electron chi connectivity index (χ0n) is 13.3. The van der Waals surface area contributed by atoms with Crippen LogP contribution in [0.2, 0.25) is 0 Å². The van der Waals surface area contributed by atoms with E-state index in [1.54, 1.807) is 16.2 Å². The highest BCUT2D eigenvalue weighted by atomic mass is 16.2. The third-order valence-corrected chi connectivity index (χ3v) is 3.87. The molecule has 0 saturated carbocycles. The van der Waals surface area contributed by atoms with E-state index in [2.05, 4.69) is 4.98 Å². The Labute approximate surface area is 123 Å². The number of rotatable bonds is 4.